The van der Waals surface area contributed by atoms with Gasteiger partial charge in [0.1, 0.15) is 0 Å². The van der Waals surface area contributed by atoms with Gasteiger partial charge in [0.05, 0.1) is 28.3 Å². The van der Waals surface area contributed by atoms with E-state index in [1.807, 2.05) is 66.8 Å². The van der Waals surface area contributed by atoms with Crippen molar-refractivity contribution in [2.75, 3.05) is 0 Å². The molecule has 0 radical (unpaired) electrons. The van der Waals surface area contributed by atoms with Crippen molar-refractivity contribution in [3.63, 3.8) is 0 Å². The molecule has 2 aliphatic heterocycles. The fraction of sp³-hybridized carbons (Fsp3) is 0.0370. The number of fused-ring (bicyclic) bond motifs is 8. The first kappa shape index (κ1) is 20.2. The lowest BCUT2D eigenvalue weighted by atomic mass is 10.0. The van der Waals surface area contributed by atoms with Gasteiger partial charge in [0.25, 0.3) is 0 Å². The van der Waals surface area contributed by atoms with Crippen LogP contribution in [0.2, 0.25) is 0 Å². The molecule has 4 aromatic rings. The van der Waals surface area contributed by atoms with Crippen LogP contribution in [0.25, 0.3) is 45.9 Å². The van der Waals surface area contributed by atoms with E-state index < -0.39 is 11.7 Å². The summed E-state index contributed by atoms with van der Waals surface area (Å²) in [6.45, 7) is 0. The fourth-order valence-electron chi connectivity index (χ4n) is 4.08. The second kappa shape index (κ2) is 7.59. The van der Waals surface area contributed by atoms with Crippen molar-refractivity contribution in [1.29, 1.82) is 0 Å². The van der Waals surface area contributed by atoms with Crippen molar-refractivity contribution in [3.05, 3.63) is 107 Å². The van der Waals surface area contributed by atoms with Crippen LogP contribution in [0.1, 0.15) is 33.9 Å². The summed E-state index contributed by atoms with van der Waals surface area (Å²) < 4.78 is 39.1. The lowest BCUT2D eigenvalue weighted by Crippen LogP contribution is -2.04. The highest BCUT2D eigenvalue weighted by molar-refractivity contribution is 5.93. The number of hydrogen-bond donors (Lipinski definition) is 2. The van der Waals surface area contributed by atoms with Crippen LogP contribution in [0.4, 0.5) is 13.2 Å². The highest BCUT2D eigenvalue weighted by Gasteiger charge is 2.30. The zero-order valence-electron chi connectivity index (χ0n) is 17.7. The second-order valence-electron chi connectivity index (χ2n) is 8.17. The number of nitrogens with zero attached hydrogens (tertiary/aromatic N) is 2. The van der Waals surface area contributed by atoms with Gasteiger partial charge in [-0.2, -0.15) is 13.2 Å². The zero-order chi connectivity index (χ0) is 23.3. The van der Waals surface area contributed by atoms with E-state index in [0.717, 1.165) is 51.2 Å². The summed E-state index contributed by atoms with van der Waals surface area (Å²) in [7, 11) is 0. The lowest BCUT2D eigenvalue weighted by molar-refractivity contribution is -0.137. The van der Waals surface area contributed by atoms with Gasteiger partial charge < -0.3 is 9.97 Å². The molecule has 166 valence electrons. The fourth-order valence-corrected chi connectivity index (χ4v) is 4.08. The van der Waals surface area contributed by atoms with Gasteiger partial charge in [-0.1, -0.05) is 12.1 Å². The molecule has 6 rings (SSSR count). The molecule has 8 bridgehead atoms. The Balaban J connectivity index is 1.57. The highest BCUT2D eigenvalue weighted by Crippen LogP contribution is 2.33. The molecule has 1 aromatic carbocycles. The van der Waals surface area contributed by atoms with Crippen molar-refractivity contribution in [2.45, 2.75) is 6.18 Å². The number of nitrogens with one attached hydrogen (secondary N) is 2. The third-order valence-corrected chi connectivity index (χ3v) is 5.69. The molecule has 0 aliphatic carbocycles. The van der Waals surface area contributed by atoms with Gasteiger partial charge in [-0.05, 0) is 84.5 Å². The van der Waals surface area contributed by atoms with Gasteiger partial charge in [-0.25, -0.2) is 9.97 Å². The van der Waals surface area contributed by atoms with Gasteiger partial charge in [-0.3, -0.25) is 0 Å². The molecule has 0 spiro atoms. The Hall–Kier alpha value is -4.39. The molecule has 0 saturated carbocycles. The molecule has 7 heteroatoms. The average Bonchev–Trinajstić information content (AvgIpc) is 3.58. The number of benzene rings is 1. The number of halogens is 3. The predicted octanol–water partition coefficient (Wildman–Crippen LogP) is 7.09. The monoisotopic (exact) mass is 454 g/mol. The first-order chi connectivity index (χ1) is 16.4. The van der Waals surface area contributed by atoms with E-state index in [1.165, 1.54) is 12.1 Å². The Labute approximate surface area is 192 Å². The van der Waals surface area contributed by atoms with Crippen LogP contribution >= 0.6 is 0 Å². The van der Waals surface area contributed by atoms with Crippen LogP contribution in [0.5, 0.6) is 0 Å². The SMILES string of the molecule is FC(F)(F)c1ccc(C2=Cc3cc4ccc(cc5nc(cc6ccc(cc2n3)[nH]6)C=C5)[nH]4)cc1. The number of hydrogen-bond acceptors (Lipinski definition) is 2. The Kier molecular flexibility index (Phi) is 4.52. The van der Waals surface area contributed by atoms with E-state index in [0.29, 0.717) is 17.0 Å². The Morgan fingerprint density at radius 3 is 1.68 bits per heavy atom. The summed E-state index contributed by atoms with van der Waals surface area (Å²) in [6.07, 6.45) is 1.43. The number of H-pyrrole nitrogens is 2. The van der Waals surface area contributed by atoms with Crippen LogP contribution in [0, 0.1) is 0 Å². The van der Waals surface area contributed by atoms with E-state index in [-0.39, 0.29) is 0 Å². The van der Waals surface area contributed by atoms with Crippen molar-refractivity contribution in [1.82, 2.24) is 19.9 Å². The maximum atomic E-state index is 13.0. The summed E-state index contributed by atoms with van der Waals surface area (Å²) in [6, 6.07) is 20.7. The average molecular weight is 454 g/mol. The van der Waals surface area contributed by atoms with Crippen molar-refractivity contribution >= 4 is 45.9 Å². The predicted molar refractivity (Wildman–Crippen MR) is 128 cm³/mol. The summed E-state index contributed by atoms with van der Waals surface area (Å²) in [5.41, 5.74) is 7.29. The molecule has 0 saturated heterocycles. The number of aromatic nitrogens is 4. The molecule has 0 fully saturated rings. The molecule has 2 N–H and O–H groups in total. The minimum Gasteiger partial charge on any atom is -0.355 e. The molecule has 2 aliphatic rings. The van der Waals surface area contributed by atoms with E-state index in [4.69, 9.17) is 4.98 Å². The van der Waals surface area contributed by atoms with Crippen LogP contribution in [0.15, 0.2) is 72.8 Å². The third kappa shape index (κ3) is 3.92. The topological polar surface area (TPSA) is 57.4 Å². The Morgan fingerprint density at radius 2 is 1.12 bits per heavy atom. The molecule has 3 aromatic heterocycles. The number of alkyl halides is 3. The van der Waals surface area contributed by atoms with Crippen molar-refractivity contribution in [3.8, 4) is 0 Å². The van der Waals surface area contributed by atoms with Gasteiger partial charge in [0.2, 0.25) is 0 Å². The first-order valence-electron chi connectivity index (χ1n) is 10.7. The van der Waals surface area contributed by atoms with Crippen LogP contribution < -0.4 is 0 Å². The van der Waals surface area contributed by atoms with Crippen LogP contribution in [0.3, 0.4) is 0 Å². The molecule has 0 atom stereocenters. The molecule has 0 unspecified atom stereocenters. The van der Waals surface area contributed by atoms with Crippen molar-refractivity contribution < 1.29 is 13.2 Å². The summed E-state index contributed by atoms with van der Waals surface area (Å²) >= 11 is 0. The summed E-state index contributed by atoms with van der Waals surface area (Å²) in [5, 5.41) is 0. The smallest absolute Gasteiger partial charge is 0.355 e. The Bertz CT molecular complexity index is 1630. The molecule has 0 amide bonds. The molecule has 34 heavy (non-hydrogen) atoms. The molecular weight excluding hydrogens is 437 g/mol. The number of rotatable bonds is 1. The van der Waals surface area contributed by atoms with Crippen molar-refractivity contribution in [2.24, 2.45) is 0 Å². The largest absolute Gasteiger partial charge is 0.416 e. The molecular formula is C27H17F3N4. The van der Waals surface area contributed by atoms with Gasteiger partial charge in [0.15, 0.2) is 0 Å². The van der Waals surface area contributed by atoms with E-state index in [9.17, 15) is 13.2 Å². The second-order valence-corrected chi connectivity index (χ2v) is 8.17. The van der Waals surface area contributed by atoms with E-state index in [1.54, 1.807) is 0 Å². The van der Waals surface area contributed by atoms with Crippen LogP contribution in [-0.2, 0) is 6.18 Å². The standard InChI is InChI=1S/C27H17F3N4/c28-27(29,30)17-3-1-16(2-4-17)25-14-24-13-22-8-7-20(32-22)11-18-5-6-19(31-18)12-21-9-10-23(33-21)15-26(25)34-24/h1-15,32-33H. The molecule has 5 heterocycles. The lowest BCUT2D eigenvalue weighted by Gasteiger charge is -2.08. The maximum absolute atomic E-state index is 13.0. The van der Waals surface area contributed by atoms with E-state index in [2.05, 4.69) is 15.0 Å². The highest BCUT2D eigenvalue weighted by atomic mass is 19.4. The minimum atomic E-state index is -4.38. The summed E-state index contributed by atoms with van der Waals surface area (Å²) in [5.74, 6) is 0. The molecule has 4 nitrogen and oxygen atoms in total. The third-order valence-electron chi connectivity index (χ3n) is 5.69. The van der Waals surface area contributed by atoms with Gasteiger partial charge in [-0.15, -0.1) is 0 Å². The van der Waals surface area contributed by atoms with E-state index >= 15 is 0 Å². The minimum absolute atomic E-state index is 0.663. The first-order valence-corrected chi connectivity index (χ1v) is 10.7. The normalized spacial score (nSPS) is 13.2. The maximum Gasteiger partial charge on any atom is 0.416 e. The quantitative estimate of drug-likeness (QED) is 0.279. The van der Waals surface area contributed by atoms with Gasteiger partial charge in [0, 0.05) is 27.6 Å². The zero-order valence-corrected chi connectivity index (χ0v) is 17.7. The Morgan fingerprint density at radius 1 is 0.588 bits per heavy atom. The number of aromatic amines is 2. The summed E-state index contributed by atoms with van der Waals surface area (Å²) in [4.78, 5) is 16.1. The van der Waals surface area contributed by atoms with Crippen LogP contribution in [-0.4, -0.2) is 19.9 Å². The van der Waals surface area contributed by atoms with Gasteiger partial charge >= 0.3 is 6.18 Å².